The van der Waals surface area contributed by atoms with E-state index in [0.717, 1.165) is 6.07 Å². The fourth-order valence-electron chi connectivity index (χ4n) is 2.16. The van der Waals surface area contributed by atoms with Crippen LogP contribution in [0.4, 0.5) is 13.2 Å². The van der Waals surface area contributed by atoms with E-state index in [1.54, 1.807) is 4.90 Å². The molecule has 23 heavy (non-hydrogen) atoms. The molecule has 0 bridgehead atoms. The highest BCUT2D eigenvalue weighted by atomic mass is 19.4. The number of amides is 1. The fraction of sp³-hybridized carbons (Fsp3) is 0.467. The van der Waals surface area contributed by atoms with Crippen molar-refractivity contribution in [2.45, 2.75) is 6.18 Å². The summed E-state index contributed by atoms with van der Waals surface area (Å²) < 4.78 is 42.7. The van der Waals surface area contributed by atoms with Crippen LogP contribution >= 0.6 is 0 Å². The minimum atomic E-state index is -4.54. The molecule has 0 aliphatic carbocycles. The standard InChI is InChI=1S/C15H16F3N3O2/c1-2-6-20-7-9-21(10-8-20)14(22)11-23-13-5-3-4-12(19-13)15(16,17)18/h1,3-5H,6-11H2. The first-order valence-corrected chi connectivity index (χ1v) is 7.01. The van der Waals surface area contributed by atoms with Gasteiger partial charge in [-0.25, -0.2) is 4.98 Å². The first-order chi connectivity index (χ1) is 10.9. The SMILES string of the molecule is C#CCN1CCN(C(=O)COc2cccc(C(F)(F)F)n2)CC1. The van der Waals surface area contributed by atoms with E-state index in [1.165, 1.54) is 12.1 Å². The van der Waals surface area contributed by atoms with Crippen molar-refractivity contribution in [3.8, 4) is 18.2 Å². The van der Waals surface area contributed by atoms with Gasteiger partial charge in [-0.2, -0.15) is 13.2 Å². The number of aromatic nitrogens is 1. The Labute approximate surface area is 132 Å². The Morgan fingerprint density at radius 3 is 2.61 bits per heavy atom. The van der Waals surface area contributed by atoms with Crippen LogP contribution < -0.4 is 4.74 Å². The number of hydrogen-bond donors (Lipinski definition) is 0. The van der Waals surface area contributed by atoms with E-state index in [9.17, 15) is 18.0 Å². The summed E-state index contributed by atoms with van der Waals surface area (Å²) in [5, 5.41) is 0. The van der Waals surface area contributed by atoms with Gasteiger partial charge in [-0.1, -0.05) is 12.0 Å². The molecule has 0 atom stereocenters. The van der Waals surface area contributed by atoms with Gasteiger partial charge in [0.1, 0.15) is 5.69 Å². The predicted octanol–water partition coefficient (Wildman–Crippen LogP) is 1.26. The predicted molar refractivity (Wildman–Crippen MR) is 76.6 cm³/mol. The van der Waals surface area contributed by atoms with Crippen LogP contribution in [-0.4, -0.2) is 60.0 Å². The molecular formula is C15H16F3N3O2. The molecule has 1 amide bonds. The third-order valence-corrected chi connectivity index (χ3v) is 3.40. The lowest BCUT2D eigenvalue weighted by Crippen LogP contribution is -2.49. The first kappa shape index (κ1) is 17.1. The third kappa shape index (κ3) is 4.86. The summed E-state index contributed by atoms with van der Waals surface area (Å²) in [5.41, 5.74) is -1.05. The van der Waals surface area contributed by atoms with Gasteiger partial charge < -0.3 is 9.64 Å². The van der Waals surface area contributed by atoms with Crippen molar-refractivity contribution in [2.75, 3.05) is 39.3 Å². The van der Waals surface area contributed by atoms with Crippen molar-refractivity contribution in [2.24, 2.45) is 0 Å². The number of carbonyl (C=O) groups is 1. The average molecular weight is 327 g/mol. The Bertz CT molecular complexity index is 590. The second-order valence-corrected chi connectivity index (χ2v) is 5.01. The highest BCUT2D eigenvalue weighted by molar-refractivity contribution is 5.77. The molecule has 1 fully saturated rings. The Morgan fingerprint density at radius 2 is 2.00 bits per heavy atom. The summed E-state index contributed by atoms with van der Waals surface area (Å²) in [7, 11) is 0. The number of pyridine rings is 1. The molecule has 2 rings (SSSR count). The molecule has 1 aromatic heterocycles. The molecule has 8 heteroatoms. The van der Waals surface area contributed by atoms with Crippen LogP contribution in [0.2, 0.25) is 0 Å². The summed E-state index contributed by atoms with van der Waals surface area (Å²) in [6.07, 6.45) is 0.685. The molecule has 0 radical (unpaired) electrons. The number of nitrogens with zero attached hydrogens (tertiary/aromatic N) is 3. The van der Waals surface area contributed by atoms with Crippen LogP contribution in [0.3, 0.4) is 0 Å². The van der Waals surface area contributed by atoms with Gasteiger partial charge >= 0.3 is 6.18 Å². The second kappa shape index (κ2) is 7.33. The van der Waals surface area contributed by atoms with Crippen molar-refractivity contribution in [3.05, 3.63) is 23.9 Å². The number of halogens is 3. The summed E-state index contributed by atoms with van der Waals surface area (Å²) >= 11 is 0. The lowest BCUT2D eigenvalue weighted by atomic mass is 10.3. The number of piperazine rings is 1. The molecule has 0 aromatic carbocycles. The van der Waals surface area contributed by atoms with Crippen LogP contribution in [0, 0.1) is 12.3 Å². The van der Waals surface area contributed by atoms with Crippen LogP contribution in [0.5, 0.6) is 5.88 Å². The minimum Gasteiger partial charge on any atom is -0.468 e. The number of rotatable bonds is 4. The van der Waals surface area contributed by atoms with Crippen molar-refractivity contribution in [1.82, 2.24) is 14.8 Å². The third-order valence-electron chi connectivity index (χ3n) is 3.40. The Hall–Kier alpha value is -2.27. The number of alkyl halides is 3. The zero-order valence-corrected chi connectivity index (χ0v) is 12.3. The zero-order valence-electron chi connectivity index (χ0n) is 12.3. The minimum absolute atomic E-state index is 0.223. The lowest BCUT2D eigenvalue weighted by molar-refractivity contribution is -0.141. The molecule has 1 aliphatic rings. The average Bonchev–Trinajstić information content (AvgIpc) is 2.53. The molecule has 0 saturated carbocycles. The summed E-state index contributed by atoms with van der Waals surface area (Å²) in [6, 6.07) is 3.32. The van der Waals surface area contributed by atoms with E-state index in [2.05, 4.69) is 10.9 Å². The maximum Gasteiger partial charge on any atom is 0.433 e. The fourth-order valence-corrected chi connectivity index (χ4v) is 2.16. The van der Waals surface area contributed by atoms with E-state index in [1.807, 2.05) is 4.90 Å². The van der Waals surface area contributed by atoms with E-state index >= 15 is 0 Å². The van der Waals surface area contributed by atoms with Gasteiger partial charge in [-0.05, 0) is 6.07 Å². The number of terminal acetylenes is 1. The highest BCUT2D eigenvalue weighted by Gasteiger charge is 2.32. The molecule has 0 spiro atoms. The zero-order chi connectivity index (χ0) is 16.9. The van der Waals surface area contributed by atoms with Crippen molar-refractivity contribution in [1.29, 1.82) is 0 Å². The van der Waals surface area contributed by atoms with Crippen LogP contribution in [-0.2, 0) is 11.0 Å². The maximum atomic E-state index is 12.5. The monoisotopic (exact) mass is 327 g/mol. The van der Waals surface area contributed by atoms with Crippen molar-refractivity contribution < 1.29 is 22.7 Å². The van der Waals surface area contributed by atoms with E-state index < -0.39 is 11.9 Å². The topological polar surface area (TPSA) is 45.7 Å². The van der Waals surface area contributed by atoms with Crippen molar-refractivity contribution in [3.63, 3.8) is 0 Å². The number of carbonyl (C=O) groups excluding carboxylic acids is 1. The Balaban J connectivity index is 1.85. The van der Waals surface area contributed by atoms with Crippen LogP contribution in [0.15, 0.2) is 18.2 Å². The van der Waals surface area contributed by atoms with E-state index in [4.69, 9.17) is 11.2 Å². The van der Waals surface area contributed by atoms with Gasteiger partial charge in [0.15, 0.2) is 6.61 Å². The van der Waals surface area contributed by atoms with Gasteiger partial charge in [0.25, 0.3) is 5.91 Å². The molecule has 124 valence electrons. The van der Waals surface area contributed by atoms with Gasteiger partial charge in [0.2, 0.25) is 5.88 Å². The maximum absolute atomic E-state index is 12.5. The Morgan fingerprint density at radius 1 is 1.30 bits per heavy atom. The molecule has 1 aromatic rings. The summed E-state index contributed by atoms with van der Waals surface area (Å²) in [4.78, 5) is 19.0. The van der Waals surface area contributed by atoms with Gasteiger partial charge in [0, 0.05) is 32.2 Å². The van der Waals surface area contributed by atoms with Crippen LogP contribution in [0.1, 0.15) is 5.69 Å². The normalized spacial score (nSPS) is 16.0. The molecule has 1 aliphatic heterocycles. The number of hydrogen-bond acceptors (Lipinski definition) is 4. The van der Waals surface area contributed by atoms with Gasteiger partial charge in [-0.15, -0.1) is 6.42 Å². The largest absolute Gasteiger partial charge is 0.468 e. The molecule has 2 heterocycles. The van der Waals surface area contributed by atoms with Gasteiger partial charge in [-0.3, -0.25) is 9.69 Å². The van der Waals surface area contributed by atoms with E-state index in [0.29, 0.717) is 32.7 Å². The molecule has 1 saturated heterocycles. The van der Waals surface area contributed by atoms with E-state index in [-0.39, 0.29) is 18.4 Å². The molecule has 0 N–H and O–H groups in total. The lowest BCUT2D eigenvalue weighted by Gasteiger charge is -2.33. The van der Waals surface area contributed by atoms with Crippen LogP contribution in [0.25, 0.3) is 0 Å². The molecule has 5 nitrogen and oxygen atoms in total. The second-order valence-electron chi connectivity index (χ2n) is 5.01. The first-order valence-electron chi connectivity index (χ1n) is 7.01. The summed E-state index contributed by atoms with van der Waals surface area (Å²) in [6.45, 7) is 2.55. The quantitative estimate of drug-likeness (QED) is 0.781. The molecular weight excluding hydrogens is 311 g/mol. The Kier molecular flexibility index (Phi) is 5.45. The molecule has 0 unspecified atom stereocenters. The van der Waals surface area contributed by atoms with Gasteiger partial charge in [0.05, 0.1) is 6.54 Å². The summed E-state index contributed by atoms with van der Waals surface area (Å²) in [5.74, 6) is 2.03. The smallest absolute Gasteiger partial charge is 0.433 e. The highest BCUT2D eigenvalue weighted by Crippen LogP contribution is 2.28. The number of ether oxygens (including phenoxy) is 1. The van der Waals surface area contributed by atoms with Crippen molar-refractivity contribution >= 4 is 5.91 Å².